The van der Waals surface area contributed by atoms with Crippen LogP contribution in [0.2, 0.25) is 0 Å². The molecule has 6 N–H and O–H groups in total. The van der Waals surface area contributed by atoms with Crippen LogP contribution in [0.5, 0.6) is 0 Å². The second kappa shape index (κ2) is 7.03. The molecule has 3 aliphatic rings. The quantitative estimate of drug-likeness (QED) is 0.293. The Labute approximate surface area is 174 Å². The molecule has 0 amide bonds. The van der Waals surface area contributed by atoms with Crippen LogP contribution in [0.4, 0.5) is 5.82 Å². The molecular weight excluding hydrogens is 418 g/mol. The van der Waals surface area contributed by atoms with Gasteiger partial charge in [-0.2, -0.15) is 0 Å². The van der Waals surface area contributed by atoms with Crippen molar-refractivity contribution in [3.05, 3.63) is 12.7 Å². The second-order valence-corrected chi connectivity index (χ2v) is 7.71. The van der Waals surface area contributed by atoms with Crippen LogP contribution in [0.15, 0.2) is 12.7 Å². The largest absolute Gasteiger partial charge is 0.467 e. The van der Waals surface area contributed by atoms with Crippen molar-refractivity contribution in [2.24, 2.45) is 0 Å². The Morgan fingerprint density at radius 2 is 2.03 bits per heavy atom. The molecule has 0 aliphatic carbocycles. The molecule has 3 fully saturated rings. The van der Waals surface area contributed by atoms with Gasteiger partial charge in [0.1, 0.15) is 42.4 Å². The summed E-state index contributed by atoms with van der Waals surface area (Å²) in [6.45, 7) is 0. The minimum atomic E-state index is -2.38. The van der Waals surface area contributed by atoms with Gasteiger partial charge in [0.05, 0.1) is 19.5 Å². The molecule has 14 nitrogen and oxygen atoms in total. The van der Waals surface area contributed by atoms with Crippen LogP contribution < -0.4 is 5.73 Å². The number of carbonyl (C=O) groups excluding carboxylic acids is 1. The molecular formula is C17H21N5O9. The summed E-state index contributed by atoms with van der Waals surface area (Å²) in [4.78, 5) is 24.0. The number of imidazole rings is 1. The van der Waals surface area contributed by atoms with Gasteiger partial charge < -0.3 is 45.1 Å². The van der Waals surface area contributed by atoms with E-state index in [0.29, 0.717) is 11.2 Å². The third-order valence-corrected chi connectivity index (χ3v) is 6.01. The van der Waals surface area contributed by atoms with Gasteiger partial charge in [-0.1, -0.05) is 0 Å². The van der Waals surface area contributed by atoms with Crippen molar-refractivity contribution in [2.45, 2.75) is 61.2 Å². The number of aliphatic hydroxyl groups is 4. The Morgan fingerprint density at radius 3 is 2.77 bits per heavy atom. The third kappa shape index (κ3) is 2.84. The maximum absolute atomic E-state index is 11.9. The molecule has 2 aromatic rings. The first-order chi connectivity index (χ1) is 14.8. The van der Waals surface area contributed by atoms with Gasteiger partial charge in [-0.05, 0) is 0 Å². The number of hydrogen-bond acceptors (Lipinski definition) is 13. The summed E-state index contributed by atoms with van der Waals surface area (Å²) < 4.78 is 23.1. The van der Waals surface area contributed by atoms with Crippen LogP contribution in [0, 0.1) is 0 Å². The number of ether oxygens (including phenoxy) is 4. The zero-order valence-electron chi connectivity index (χ0n) is 16.2. The maximum Gasteiger partial charge on any atom is 0.337 e. The van der Waals surface area contributed by atoms with Crippen LogP contribution in [0.3, 0.4) is 0 Å². The first kappa shape index (κ1) is 20.4. The number of esters is 1. The van der Waals surface area contributed by atoms with Gasteiger partial charge in [0, 0.05) is 6.42 Å². The summed E-state index contributed by atoms with van der Waals surface area (Å²) in [5, 5.41) is 42.6. The average molecular weight is 439 g/mol. The number of rotatable bonds is 2. The van der Waals surface area contributed by atoms with E-state index in [1.165, 1.54) is 17.2 Å². The molecule has 3 saturated heterocycles. The predicted octanol–water partition coefficient (Wildman–Crippen LogP) is -3.19. The Morgan fingerprint density at radius 1 is 1.26 bits per heavy atom. The molecule has 0 radical (unpaired) electrons. The molecule has 14 heteroatoms. The van der Waals surface area contributed by atoms with Crippen LogP contribution in [-0.4, -0.2) is 102 Å². The number of aromatic nitrogens is 4. The Bertz CT molecular complexity index is 1020. The fraction of sp³-hybridized carbons (Fsp3) is 0.647. The number of nitrogens with two attached hydrogens (primary N) is 1. The summed E-state index contributed by atoms with van der Waals surface area (Å²) in [5.74, 6) is -3.14. The first-order valence-electron chi connectivity index (χ1n) is 9.52. The molecule has 0 bridgehead atoms. The van der Waals surface area contributed by atoms with Gasteiger partial charge >= 0.3 is 5.97 Å². The number of anilines is 1. The Kier molecular flexibility index (Phi) is 4.63. The van der Waals surface area contributed by atoms with Crippen molar-refractivity contribution in [1.29, 1.82) is 0 Å². The van der Waals surface area contributed by atoms with E-state index in [1.54, 1.807) is 0 Å². The fourth-order valence-corrected chi connectivity index (χ4v) is 4.41. The summed E-state index contributed by atoms with van der Waals surface area (Å²) >= 11 is 0. The van der Waals surface area contributed by atoms with Crippen molar-refractivity contribution < 1.29 is 44.2 Å². The summed E-state index contributed by atoms with van der Waals surface area (Å²) in [6, 6.07) is 0. The van der Waals surface area contributed by atoms with E-state index < -0.39 is 60.7 Å². The Hall–Kier alpha value is -2.46. The van der Waals surface area contributed by atoms with Gasteiger partial charge in [0.15, 0.2) is 23.8 Å². The molecule has 9 unspecified atom stereocenters. The standard InChI is InChI=1S/C17H21N5O9/c1-28-16(26)11-8(23)12(25)17(27)6(30-11)2-5-10(31-17)9(24)15(29-5)22-4-21-7-13(18)19-3-20-14(7)22/h3-6,8-12,15,23-25,27H,2H2,1H3,(H2,18,19,20). The van der Waals surface area contributed by atoms with Crippen molar-refractivity contribution in [3.8, 4) is 0 Å². The van der Waals surface area contributed by atoms with E-state index in [-0.39, 0.29) is 12.2 Å². The third-order valence-electron chi connectivity index (χ3n) is 6.01. The highest BCUT2D eigenvalue weighted by molar-refractivity contribution is 5.81. The van der Waals surface area contributed by atoms with Crippen molar-refractivity contribution in [1.82, 2.24) is 19.5 Å². The minimum absolute atomic E-state index is 0.0459. The number of carbonyl (C=O) groups is 1. The maximum atomic E-state index is 11.9. The van der Waals surface area contributed by atoms with E-state index in [0.717, 1.165) is 7.11 Å². The average Bonchev–Trinajstić information content (AvgIpc) is 3.31. The van der Waals surface area contributed by atoms with Gasteiger partial charge in [0.25, 0.3) is 0 Å². The van der Waals surface area contributed by atoms with E-state index in [4.69, 9.17) is 19.9 Å². The van der Waals surface area contributed by atoms with E-state index in [2.05, 4.69) is 19.7 Å². The lowest BCUT2D eigenvalue weighted by Crippen LogP contribution is -2.72. The molecule has 0 aromatic carbocycles. The van der Waals surface area contributed by atoms with Gasteiger partial charge in [-0.25, -0.2) is 19.7 Å². The summed E-state index contributed by atoms with van der Waals surface area (Å²) in [5.41, 5.74) is 6.45. The highest BCUT2D eigenvalue weighted by Crippen LogP contribution is 2.46. The second-order valence-electron chi connectivity index (χ2n) is 7.71. The lowest BCUT2D eigenvalue weighted by atomic mass is 9.84. The lowest BCUT2D eigenvalue weighted by Gasteiger charge is -2.51. The van der Waals surface area contributed by atoms with Gasteiger partial charge in [0.2, 0.25) is 5.79 Å². The molecule has 2 aromatic heterocycles. The number of methoxy groups -OCH3 is 1. The van der Waals surface area contributed by atoms with E-state index in [9.17, 15) is 25.2 Å². The topological polar surface area (TPSA) is 205 Å². The molecule has 0 saturated carbocycles. The molecule has 9 atom stereocenters. The monoisotopic (exact) mass is 439 g/mol. The van der Waals surface area contributed by atoms with E-state index in [1.807, 2.05) is 0 Å². The molecule has 31 heavy (non-hydrogen) atoms. The molecule has 5 heterocycles. The predicted molar refractivity (Wildman–Crippen MR) is 96.8 cm³/mol. The molecule has 5 rings (SSSR count). The van der Waals surface area contributed by atoms with E-state index >= 15 is 0 Å². The van der Waals surface area contributed by atoms with Crippen molar-refractivity contribution in [2.75, 3.05) is 12.8 Å². The van der Waals surface area contributed by atoms with Crippen LogP contribution in [-0.2, 0) is 23.7 Å². The normalized spacial score (nSPS) is 42.2. The number of nitrogens with zero attached hydrogens (tertiary/aromatic N) is 4. The highest BCUT2D eigenvalue weighted by Gasteiger charge is 2.65. The zero-order valence-corrected chi connectivity index (χ0v) is 16.2. The Balaban J connectivity index is 1.44. The first-order valence-corrected chi connectivity index (χ1v) is 9.52. The molecule has 0 spiro atoms. The summed E-state index contributed by atoms with van der Waals surface area (Å²) in [6.07, 6.45) is -8.04. The van der Waals surface area contributed by atoms with Crippen LogP contribution in [0.25, 0.3) is 11.2 Å². The lowest BCUT2D eigenvalue weighted by molar-refractivity contribution is -0.397. The molecule has 168 valence electrons. The fourth-order valence-electron chi connectivity index (χ4n) is 4.41. The van der Waals surface area contributed by atoms with Crippen LogP contribution in [0.1, 0.15) is 12.6 Å². The minimum Gasteiger partial charge on any atom is -0.467 e. The zero-order chi connectivity index (χ0) is 22.1. The van der Waals surface area contributed by atoms with Crippen molar-refractivity contribution >= 4 is 23.0 Å². The van der Waals surface area contributed by atoms with Gasteiger partial charge in [-0.15, -0.1) is 0 Å². The highest BCUT2D eigenvalue weighted by atomic mass is 16.7. The van der Waals surface area contributed by atoms with Crippen LogP contribution >= 0.6 is 0 Å². The number of nitrogen functional groups attached to an aromatic ring is 1. The smallest absolute Gasteiger partial charge is 0.337 e. The number of fused-ring (bicyclic) bond motifs is 3. The van der Waals surface area contributed by atoms with Gasteiger partial charge in [-0.3, -0.25) is 4.57 Å². The SMILES string of the molecule is COC(=O)C1OC2CC3OC(n4cnc5c(N)ncnc54)C(O)C3OC2(O)C(O)C1O. The molecule has 3 aliphatic heterocycles. The number of aliphatic hydroxyl groups excluding tert-OH is 3. The number of hydrogen-bond donors (Lipinski definition) is 5. The van der Waals surface area contributed by atoms with Crippen molar-refractivity contribution in [3.63, 3.8) is 0 Å². The summed E-state index contributed by atoms with van der Waals surface area (Å²) in [7, 11) is 1.10.